The Labute approximate surface area is 184 Å². The number of nitrogens with zero attached hydrogens (tertiary/aromatic N) is 3. The molecule has 0 saturated heterocycles. The molecule has 0 unspecified atom stereocenters. The maximum absolute atomic E-state index is 13.5. The molecule has 0 saturated carbocycles. The van der Waals surface area contributed by atoms with Crippen LogP contribution in [-0.2, 0) is 6.18 Å². The van der Waals surface area contributed by atoms with Crippen LogP contribution >= 0.6 is 11.8 Å². The first-order valence-electron chi connectivity index (χ1n) is 9.80. The summed E-state index contributed by atoms with van der Waals surface area (Å²) in [6.07, 6.45) is -3.69. The van der Waals surface area contributed by atoms with Crippen LogP contribution in [0.15, 0.2) is 70.7 Å². The molecule has 8 heteroatoms. The summed E-state index contributed by atoms with van der Waals surface area (Å²) >= 11 is 0.969. The molecular weight excluding hydrogens is 423 g/mol. The molecule has 1 aromatic heterocycles. The number of halogens is 3. The molecule has 0 radical (unpaired) electrons. The van der Waals surface area contributed by atoms with E-state index in [-0.39, 0.29) is 16.6 Å². The third-order valence-electron chi connectivity index (χ3n) is 4.13. The molecule has 0 N–H and O–H groups in total. The van der Waals surface area contributed by atoms with E-state index in [1.807, 2.05) is 58.0 Å². The Morgan fingerprint density at radius 3 is 2.16 bits per heavy atom. The van der Waals surface area contributed by atoms with Crippen molar-refractivity contribution >= 4 is 23.4 Å². The van der Waals surface area contributed by atoms with Crippen LogP contribution < -0.4 is 9.64 Å². The van der Waals surface area contributed by atoms with Crippen LogP contribution in [0.25, 0.3) is 0 Å². The summed E-state index contributed by atoms with van der Waals surface area (Å²) in [4.78, 5) is 10.7. The number of anilines is 2. The molecule has 0 amide bonds. The third kappa shape index (κ3) is 6.13. The lowest BCUT2D eigenvalue weighted by atomic mass is 10.2. The van der Waals surface area contributed by atoms with Crippen molar-refractivity contribution in [2.24, 2.45) is 0 Å². The van der Waals surface area contributed by atoms with Gasteiger partial charge in [-0.2, -0.15) is 13.2 Å². The van der Waals surface area contributed by atoms with E-state index in [0.29, 0.717) is 17.2 Å². The first-order chi connectivity index (χ1) is 14.6. The molecule has 0 atom stereocenters. The van der Waals surface area contributed by atoms with E-state index in [1.54, 1.807) is 29.2 Å². The van der Waals surface area contributed by atoms with Gasteiger partial charge < -0.3 is 9.64 Å². The highest BCUT2D eigenvalue weighted by Crippen LogP contribution is 2.39. The van der Waals surface area contributed by atoms with Gasteiger partial charge in [0.05, 0.1) is 0 Å². The minimum Gasteiger partial charge on any atom is -0.488 e. The topological polar surface area (TPSA) is 38.2 Å². The van der Waals surface area contributed by atoms with Crippen molar-refractivity contribution in [3.8, 4) is 5.75 Å². The lowest BCUT2D eigenvalue weighted by Gasteiger charge is -2.24. The van der Waals surface area contributed by atoms with Gasteiger partial charge in [0.2, 0.25) is 5.95 Å². The lowest BCUT2D eigenvalue weighted by molar-refractivity contribution is -0.140. The van der Waals surface area contributed by atoms with Crippen molar-refractivity contribution in [1.29, 1.82) is 0 Å². The van der Waals surface area contributed by atoms with Gasteiger partial charge in [0.1, 0.15) is 21.9 Å². The fourth-order valence-corrected chi connectivity index (χ4v) is 3.77. The Morgan fingerprint density at radius 1 is 0.968 bits per heavy atom. The first kappa shape index (κ1) is 22.9. The van der Waals surface area contributed by atoms with Gasteiger partial charge in [-0.1, -0.05) is 30.0 Å². The average Bonchev–Trinajstić information content (AvgIpc) is 2.69. The van der Waals surface area contributed by atoms with Crippen LogP contribution in [0.1, 0.15) is 33.3 Å². The highest BCUT2D eigenvalue weighted by atomic mass is 32.2. The van der Waals surface area contributed by atoms with Gasteiger partial charge in [-0.15, -0.1) is 0 Å². The maximum Gasteiger partial charge on any atom is 0.420 e. The molecule has 2 aromatic carbocycles. The highest BCUT2D eigenvalue weighted by Gasteiger charge is 2.35. The molecule has 3 rings (SSSR count). The summed E-state index contributed by atoms with van der Waals surface area (Å²) in [6.45, 7) is 8.26. The second-order valence-corrected chi connectivity index (χ2v) is 8.82. The fraction of sp³-hybridized carbons (Fsp3) is 0.304. The quantitative estimate of drug-likeness (QED) is 0.381. The molecule has 4 nitrogen and oxygen atoms in total. The zero-order valence-corrected chi connectivity index (χ0v) is 18.6. The van der Waals surface area contributed by atoms with Crippen molar-refractivity contribution in [2.75, 3.05) is 11.4 Å². The zero-order valence-electron chi connectivity index (χ0n) is 17.8. The summed E-state index contributed by atoms with van der Waals surface area (Å²) < 4.78 is 46.5. The number of alkyl halides is 3. The number of hydrogen-bond donors (Lipinski definition) is 0. The maximum atomic E-state index is 13.5. The van der Waals surface area contributed by atoms with E-state index in [4.69, 9.17) is 4.74 Å². The summed E-state index contributed by atoms with van der Waals surface area (Å²) in [5.74, 6) is 0.916. The van der Waals surface area contributed by atoms with Gasteiger partial charge in [0.25, 0.3) is 0 Å². The van der Waals surface area contributed by atoms with E-state index in [9.17, 15) is 13.2 Å². The van der Waals surface area contributed by atoms with E-state index < -0.39 is 11.7 Å². The Balaban J connectivity index is 1.95. The minimum absolute atomic E-state index is 0.130. The molecule has 0 aliphatic carbocycles. The number of ether oxygens (including phenoxy) is 1. The van der Waals surface area contributed by atoms with Crippen molar-refractivity contribution in [3.05, 3.63) is 66.4 Å². The van der Waals surface area contributed by atoms with Crippen LogP contribution in [0.4, 0.5) is 24.8 Å². The van der Waals surface area contributed by atoms with Crippen LogP contribution in [0.5, 0.6) is 5.75 Å². The van der Waals surface area contributed by atoms with E-state index >= 15 is 0 Å². The third-order valence-corrected chi connectivity index (χ3v) is 5.15. The normalized spacial score (nSPS) is 12.0. The van der Waals surface area contributed by atoms with Crippen molar-refractivity contribution in [1.82, 2.24) is 9.97 Å². The molecule has 0 aliphatic heterocycles. The van der Waals surface area contributed by atoms with E-state index in [1.165, 1.54) is 0 Å². The summed E-state index contributed by atoms with van der Waals surface area (Å²) in [6, 6.07) is 16.2. The number of aromatic nitrogens is 2. The Kier molecular flexibility index (Phi) is 6.79. The fourth-order valence-electron chi connectivity index (χ4n) is 2.85. The highest BCUT2D eigenvalue weighted by molar-refractivity contribution is 7.99. The second kappa shape index (κ2) is 9.18. The van der Waals surface area contributed by atoms with Crippen molar-refractivity contribution in [2.45, 2.75) is 49.4 Å². The molecular formula is C23H24F3N3OS. The van der Waals surface area contributed by atoms with Gasteiger partial charge >= 0.3 is 6.18 Å². The average molecular weight is 448 g/mol. The molecule has 0 bridgehead atoms. The van der Waals surface area contributed by atoms with Gasteiger partial charge in [-0.05, 0) is 64.1 Å². The Bertz CT molecular complexity index is 1000. The molecule has 3 aromatic rings. The van der Waals surface area contributed by atoms with Gasteiger partial charge in [0, 0.05) is 23.3 Å². The van der Waals surface area contributed by atoms with E-state index in [0.717, 1.165) is 23.6 Å². The predicted molar refractivity (Wildman–Crippen MR) is 117 cm³/mol. The van der Waals surface area contributed by atoms with Crippen LogP contribution in [0, 0.1) is 0 Å². The Hall–Kier alpha value is -2.74. The molecule has 0 fully saturated rings. The summed E-state index contributed by atoms with van der Waals surface area (Å²) in [5, 5.41) is -0.130. The summed E-state index contributed by atoms with van der Waals surface area (Å²) in [7, 11) is 0. The predicted octanol–water partition coefficient (Wildman–Crippen LogP) is 6.98. The van der Waals surface area contributed by atoms with E-state index in [2.05, 4.69) is 9.97 Å². The Morgan fingerprint density at radius 2 is 1.61 bits per heavy atom. The minimum atomic E-state index is -4.54. The lowest BCUT2D eigenvalue weighted by Crippen LogP contribution is -2.23. The van der Waals surface area contributed by atoms with Gasteiger partial charge in [0.15, 0.2) is 0 Å². The second-order valence-electron chi connectivity index (χ2n) is 7.75. The molecule has 164 valence electrons. The first-order valence-corrected chi connectivity index (χ1v) is 10.6. The summed E-state index contributed by atoms with van der Waals surface area (Å²) in [5.41, 5.74) is -0.416. The number of hydrogen-bond acceptors (Lipinski definition) is 5. The largest absolute Gasteiger partial charge is 0.488 e. The van der Waals surface area contributed by atoms with Crippen molar-refractivity contribution < 1.29 is 17.9 Å². The number of rotatable bonds is 6. The van der Waals surface area contributed by atoms with Crippen LogP contribution in [0.3, 0.4) is 0 Å². The molecule has 0 spiro atoms. The number of benzene rings is 2. The molecule has 0 aliphatic rings. The van der Waals surface area contributed by atoms with Crippen molar-refractivity contribution in [3.63, 3.8) is 0 Å². The van der Waals surface area contributed by atoms with Crippen LogP contribution in [0.2, 0.25) is 0 Å². The van der Waals surface area contributed by atoms with Crippen LogP contribution in [-0.4, -0.2) is 22.1 Å². The monoisotopic (exact) mass is 447 g/mol. The zero-order chi connectivity index (χ0) is 22.6. The van der Waals surface area contributed by atoms with Gasteiger partial charge in [-0.25, -0.2) is 9.97 Å². The van der Waals surface area contributed by atoms with Gasteiger partial charge in [-0.3, -0.25) is 0 Å². The smallest absolute Gasteiger partial charge is 0.420 e. The molecule has 1 heterocycles. The SMILES string of the molecule is CCN(c1ccc(OC(C)(C)C)cc1)c1ncc(C(F)(F)F)c(Sc2ccccc2)n1. The molecule has 31 heavy (non-hydrogen) atoms. The standard InChI is InChI=1S/C23H24F3N3OS/c1-5-29(16-11-13-17(14-12-16)30-22(2,3)4)21-27-15-19(23(24,25)26)20(28-21)31-18-9-7-6-8-10-18/h6-15H,5H2,1-4H3.